The van der Waals surface area contributed by atoms with E-state index in [1.807, 2.05) is 12.1 Å². The Kier molecular flexibility index (Phi) is 3.02. The van der Waals surface area contributed by atoms with Crippen LogP contribution in [0.25, 0.3) is 0 Å². The van der Waals surface area contributed by atoms with Crippen molar-refractivity contribution in [2.24, 2.45) is 0 Å². The maximum atomic E-state index is 6.01. The van der Waals surface area contributed by atoms with Crippen molar-refractivity contribution < 1.29 is 9.47 Å². The summed E-state index contributed by atoms with van der Waals surface area (Å²) in [5.74, 6) is 1.68. The van der Waals surface area contributed by atoms with E-state index in [4.69, 9.17) is 9.47 Å². The van der Waals surface area contributed by atoms with Crippen molar-refractivity contribution in [2.45, 2.75) is 25.9 Å². The Balaban J connectivity index is 2.45. The molecule has 0 unspecified atom stereocenters. The number of nitrogens with one attached hydrogen (secondary N) is 1. The maximum absolute atomic E-state index is 6.01. The first-order chi connectivity index (χ1) is 7.52. The zero-order chi connectivity index (χ0) is 11.8. The molecule has 0 bridgehead atoms. The van der Waals surface area contributed by atoms with Gasteiger partial charge in [0.05, 0.1) is 17.3 Å². The van der Waals surface area contributed by atoms with E-state index < -0.39 is 0 Å². The number of ether oxygens (including phenoxy) is 2. The molecule has 0 aromatic heterocycles. The lowest BCUT2D eigenvalue weighted by molar-refractivity contribution is 0.107. The maximum Gasteiger partial charge on any atom is 0.157 e. The molecule has 88 valence electrons. The molecule has 1 aliphatic rings. The Morgan fingerprint density at radius 3 is 2.88 bits per heavy atom. The predicted octanol–water partition coefficient (Wildman–Crippen LogP) is 3.43. The van der Waals surface area contributed by atoms with Crippen molar-refractivity contribution in [3.8, 4) is 11.5 Å². The molecule has 1 aromatic carbocycles. The number of halogens is 1. The number of methoxy groups -OCH3 is 1. The van der Waals surface area contributed by atoms with E-state index in [2.05, 4.69) is 35.1 Å². The Labute approximate surface area is 104 Å². The third kappa shape index (κ3) is 2.26. The van der Waals surface area contributed by atoms with Crippen LogP contribution >= 0.6 is 15.9 Å². The minimum Gasteiger partial charge on any atom is -0.497 e. The van der Waals surface area contributed by atoms with Gasteiger partial charge in [0.1, 0.15) is 11.4 Å². The van der Waals surface area contributed by atoms with E-state index in [1.54, 1.807) is 7.11 Å². The molecule has 0 saturated carbocycles. The number of rotatable bonds is 1. The van der Waals surface area contributed by atoms with Gasteiger partial charge >= 0.3 is 0 Å². The van der Waals surface area contributed by atoms with Crippen LogP contribution in [0.3, 0.4) is 0 Å². The van der Waals surface area contributed by atoms with Gasteiger partial charge in [-0.1, -0.05) is 0 Å². The SMILES string of the molecule is COc1cc(Br)c2c(c1)NCCC(C)(C)O2. The van der Waals surface area contributed by atoms with Gasteiger partial charge in [-0.15, -0.1) is 0 Å². The van der Waals surface area contributed by atoms with E-state index >= 15 is 0 Å². The van der Waals surface area contributed by atoms with Crippen molar-refractivity contribution in [1.29, 1.82) is 0 Å². The van der Waals surface area contributed by atoms with Crippen LogP contribution in [0.15, 0.2) is 16.6 Å². The fourth-order valence-electron chi connectivity index (χ4n) is 1.75. The smallest absolute Gasteiger partial charge is 0.157 e. The highest BCUT2D eigenvalue weighted by atomic mass is 79.9. The second-order valence-corrected chi connectivity index (χ2v) is 5.38. The number of hydrogen-bond donors (Lipinski definition) is 1. The Hall–Kier alpha value is -0.900. The van der Waals surface area contributed by atoms with Gasteiger partial charge in [-0.2, -0.15) is 0 Å². The van der Waals surface area contributed by atoms with Crippen LogP contribution in [0.2, 0.25) is 0 Å². The zero-order valence-electron chi connectivity index (χ0n) is 9.76. The molecule has 0 aliphatic carbocycles. The molecule has 4 heteroatoms. The molecule has 0 amide bonds. The van der Waals surface area contributed by atoms with Crippen LogP contribution in [0, 0.1) is 0 Å². The van der Waals surface area contributed by atoms with Crippen molar-refractivity contribution in [3.05, 3.63) is 16.6 Å². The first-order valence-corrected chi connectivity index (χ1v) is 6.11. The van der Waals surface area contributed by atoms with E-state index in [-0.39, 0.29) is 5.60 Å². The lowest BCUT2D eigenvalue weighted by Crippen LogP contribution is -2.28. The first-order valence-electron chi connectivity index (χ1n) is 5.32. The molecule has 0 atom stereocenters. The molecule has 0 fully saturated rings. The average molecular weight is 286 g/mol. The van der Waals surface area contributed by atoms with Crippen LogP contribution in [0.5, 0.6) is 11.5 Å². The monoisotopic (exact) mass is 285 g/mol. The average Bonchev–Trinajstić information content (AvgIpc) is 2.36. The van der Waals surface area contributed by atoms with Gasteiger partial charge in [0.15, 0.2) is 5.75 Å². The summed E-state index contributed by atoms with van der Waals surface area (Å²) < 4.78 is 12.2. The second kappa shape index (κ2) is 4.17. The normalized spacial score (nSPS) is 17.8. The summed E-state index contributed by atoms with van der Waals surface area (Å²) in [6.07, 6.45) is 0.969. The third-order valence-corrected chi connectivity index (χ3v) is 3.26. The predicted molar refractivity (Wildman–Crippen MR) is 68.5 cm³/mol. The Morgan fingerprint density at radius 1 is 1.44 bits per heavy atom. The van der Waals surface area contributed by atoms with Crippen LogP contribution in [-0.4, -0.2) is 19.3 Å². The first kappa shape index (κ1) is 11.6. The molecule has 2 rings (SSSR count). The third-order valence-electron chi connectivity index (χ3n) is 2.67. The summed E-state index contributed by atoms with van der Waals surface area (Å²) in [7, 11) is 1.66. The summed E-state index contributed by atoms with van der Waals surface area (Å²) in [4.78, 5) is 0. The highest BCUT2D eigenvalue weighted by Gasteiger charge is 2.26. The topological polar surface area (TPSA) is 30.5 Å². The quantitative estimate of drug-likeness (QED) is 0.858. The molecule has 1 N–H and O–H groups in total. The molecule has 0 saturated heterocycles. The molecular formula is C12H16BrNO2. The van der Waals surface area contributed by atoms with Crippen LogP contribution < -0.4 is 14.8 Å². The van der Waals surface area contributed by atoms with Crippen molar-refractivity contribution in [3.63, 3.8) is 0 Å². The number of hydrogen-bond acceptors (Lipinski definition) is 3. The summed E-state index contributed by atoms with van der Waals surface area (Å²) in [5, 5.41) is 3.36. The molecule has 0 radical (unpaired) electrons. The minimum absolute atomic E-state index is 0.143. The highest BCUT2D eigenvalue weighted by Crippen LogP contribution is 2.41. The largest absolute Gasteiger partial charge is 0.497 e. The summed E-state index contributed by atoms with van der Waals surface area (Å²) in [6.45, 7) is 5.10. The molecule has 1 aromatic rings. The molecule has 0 spiro atoms. The van der Waals surface area contributed by atoms with Crippen molar-refractivity contribution in [2.75, 3.05) is 19.0 Å². The lowest BCUT2D eigenvalue weighted by atomic mass is 10.1. The summed E-state index contributed by atoms with van der Waals surface area (Å²) in [6, 6.07) is 3.88. The van der Waals surface area contributed by atoms with Crippen molar-refractivity contribution in [1.82, 2.24) is 0 Å². The molecule has 1 aliphatic heterocycles. The van der Waals surface area contributed by atoms with Gasteiger partial charge < -0.3 is 14.8 Å². The van der Waals surface area contributed by atoms with E-state index in [9.17, 15) is 0 Å². The molecular weight excluding hydrogens is 270 g/mol. The Bertz CT molecular complexity index is 404. The van der Waals surface area contributed by atoms with E-state index in [1.165, 1.54) is 0 Å². The lowest BCUT2D eigenvalue weighted by Gasteiger charge is -2.24. The van der Waals surface area contributed by atoms with Gasteiger partial charge in [-0.25, -0.2) is 0 Å². The number of anilines is 1. The highest BCUT2D eigenvalue weighted by molar-refractivity contribution is 9.10. The van der Waals surface area contributed by atoms with Gasteiger partial charge in [-0.3, -0.25) is 0 Å². The minimum atomic E-state index is -0.143. The van der Waals surface area contributed by atoms with Gasteiger partial charge in [-0.05, 0) is 35.8 Å². The van der Waals surface area contributed by atoms with Crippen molar-refractivity contribution >= 4 is 21.6 Å². The van der Waals surface area contributed by atoms with Gasteiger partial charge in [0.2, 0.25) is 0 Å². The number of benzene rings is 1. The van der Waals surface area contributed by atoms with Gasteiger partial charge in [0, 0.05) is 19.0 Å². The summed E-state index contributed by atoms with van der Waals surface area (Å²) >= 11 is 3.52. The van der Waals surface area contributed by atoms with Crippen LogP contribution in [0.1, 0.15) is 20.3 Å². The van der Waals surface area contributed by atoms with Crippen LogP contribution in [0.4, 0.5) is 5.69 Å². The van der Waals surface area contributed by atoms with E-state index in [0.29, 0.717) is 0 Å². The number of fused-ring (bicyclic) bond motifs is 1. The molecule has 16 heavy (non-hydrogen) atoms. The molecule has 3 nitrogen and oxygen atoms in total. The Morgan fingerprint density at radius 2 is 2.19 bits per heavy atom. The van der Waals surface area contributed by atoms with E-state index in [0.717, 1.165) is 34.6 Å². The molecule has 1 heterocycles. The zero-order valence-corrected chi connectivity index (χ0v) is 11.3. The fraction of sp³-hybridized carbons (Fsp3) is 0.500. The second-order valence-electron chi connectivity index (χ2n) is 4.52. The van der Waals surface area contributed by atoms with Gasteiger partial charge in [0.25, 0.3) is 0 Å². The fourth-order valence-corrected chi connectivity index (χ4v) is 2.27. The summed E-state index contributed by atoms with van der Waals surface area (Å²) in [5.41, 5.74) is 0.840. The standard InChI is InChI=1S/C12H16BrNO2/c1-12(2)4-5-14-10-7-8(15-3)6-9(13)11(10)16-12/h6-7,14H,4-5H2,1-3H3. The van der Waals surface area contributed by atoms with Crippen LogP contribution in [-0.2, 0) is 0 Å².